The Bertz CT molecular complexity index is 519. The van der Waals surface area contributed by atoms with Crippen molar-refractivity contribution in [3.05, 3.63) is 30.2 Å². The average Bonchev–Trinajstić information content (AvgIpc) is 2.83. The molecular weight excluding hydrogens is 228 g/mol. The van der Waals surface area contributed by atoms with Crippen molar-refractivity contribution in [2.24, 2.45) is 0 Å². The highest BCUT2D eigenvalue weighted by Gasteiger charge is 2.02. The van der Waals surface area contributed by atoms with E-state index < -0.39 is 0 Å². The highest BCUT2D eigenvalue weighted by atomic mass is 16.3. The van der Waals surface area contributed by atoms with Crippen molar-refractivity contribution in [3.8, 4) is 0 Å². The molecule has 1 N–H and O–H groups in total. The van der Waals surface area contributed by atoms with Gasteiger partial charge in [0.1, 0.15) is 5.52 Å². The summed E-state index contributed by atoms with van der Waals surface area (Å²) in [5.74, 6) is 0.137. The molecule has 0 saturated carbocycles. The van der Waals surface area contributed by atoms with E-state index in [9.17, 15) is 4.79 Å². The summed E-state index contributed by atoms with van der Waals surface area (Å²) >= 11 is 0. The fourth-order valence-electron chi connectivity index (χ4n) is 1.83. The van der Waals surface area contributed by atoms with Crippen molar-refractivity contribution >= 4 is 17.0 Å². The third-order valence-corrected chi connectivity index (χ3v) is 2.89. The fraction of sp³-hybridized carbons (Fsp3) is 0.429. The Labute approximate surface area is 106 Å². The van der Waals surface area contributed by atoms with Gasteiger partial charge in [-0.2, -0.15) is 0 Å². The zero-order chi connectivity index (χ0) is 12.8. The van der Waals surface area contributed by atoms with Crippen LogP contribution in [-0.2, 0) is 11.2 Å². The van der Waals surface area contributed by atoms with Crippen molar-refractivity contribution in [2.75, 3.05) is 6.54 Å². The molecule has 0 aliphatic heterocycles. The van der Waals surface area contributed by atoms with Crippen molar-refractivity contribution < 1.29 is 9.21 Å². The first-order valence-electron chi connectivity index (χ1n) is 6.38. The average molecular weight is 246 g/mol. The van der Waals surface area contributed by atoms with Crippen LogP contribution in [0.4, 0.5) is 0 Å². The van der Waals surface area contributed by atoms with E-state index >= 15 is 0 Å². The molecule has 2 aromatic rings. The maximum atomic E-state index is 11.4. The first-order chi connectivity index (χ1) is 8.79. The van der Waals surface area contributed by atoms with E-state index in [1.807, 2.05) is 18.2 Å². The molecule has 1 amide bonds. The first kappa shape index (κ1) is 12.6. The van der Waals surface area contributed by atoms with E-state index in [2.05, 4.69) is 17.2 Å². The van der Waals surface area contributed by atoms with Gasteiger partial charge in [0.25, 0.3) is 0 Å². The summed E-state index contributed by atoms with van der Waals surface area (Å²) in [5.41, 5.74) is 2.81. The van der Waals surface area contributed by atoms with E-state index in [0.717, 1.165) is 35.9 Å². The summed E-state index contributed by atoms with van der Waals surface area (Å²) in [4.78, 5) is 15.5. The lowest BCUT2D eigenvalue weighted by atomic mass is 10.1. The number of nitrogens with zero attached hydrogens (tertiary/aromatic N) is 1. The molecular formula is C14H18N2O2. The molecule has 0 aliphatic rings. The summed E-state index contributed by atoms with van der Waals surface area (Å²) in [6, 6.07) is 5.93. The number of hydrogen-bond acceptors (Lipinski definition) is 3. The largest absolute Gasteiger partial charge is 0.443 e. The van der Waals surface area contributed by atoms with E-state index in [4.69, 9.17) is 4.42 Å². The van der Waals surface area contributed by atoms with E-state index in [1.54, 1.807) is 0 Å². The van der Waals surface area contributed by atoms with Gasteiger partial charge < -0.3 is 9.73 Å². The predicted octanol–water partition coefficient (Wildman–Crippen LogP) is 2.68. The SMILES string of the molecule is CCCCC(=O)NCCc1ccc2ncoc2c1. The maximum absolute atomic E-state index is 11.4. The molecule has 1 aromatic carbocycles. The number of amides is 1. The van der Waals surface area contributed by atoms with Crippen LogP contribution in [0.1, 0.15) is 31.7 Å². The van der Waals surface area contributed by atoms with Crippen LogP contribution in [0.15, 0.2) is 29.0 Å². The Kier molecular flexibility index (Phi) is 4.34. The van der Waals surface area contributed by atoms with Gasteiger partial charge in [-0.1, -0.05) is 19.4 Å². The van der Waals surface area contributed by atoms with Crippen LogP contribution in [0.5, 0.6) is 0 Å². The molecule has 4 nitrogen and oxygen atoms in total. The second-order valence-corrected chi connectivity index (χ2v) is 4.36. The molecule has 0 saturated heterocycles. The van der Waals surface area contributed by atoms with E-state index in [-0.39, 0.29) is 5.91 Å². The third-order valence-electron chi connectivity index (χ3n) is 2.89. The predicted molar refractivity (Wildman–Crippen MR) is 70.2 cm³/mol. The zero-order valence-electron chi connectivity index (χ0n) is 10.6. The summed E-state index contributed by atoms with van der Waals surface area (Å²) in [6.45, 7) is 2.75. The Morgan fingerprint density at radius 1 is 1.44 bits per heavy atom. The number of fused-ring (bicyclic) bond motifs is 1. The van der Waals surface area contributed by atoms with Crippen LogP contribution < -0.4 is 5.32 Å². The van der Waals surface area contributed by atoms with Gasteiger partial charge in [0.2, 0.25) is 5.91 Å². The molecule has 96 valence electrons. The van der Waals surface area contributed by atoms with E-state index in [0.29, 0.717) is 13.0 Å². The van der Waals surface area contributed by atoms with E-state index in [1.165, 1.54) is 6.39 Å². The number of aromatic nitrogens is 1. The Balaban J connectivity index is 1.81. The first-order valence-corrected chi connectivity index (χ1v) is 6.38. The van der Waals surface area contributed by atoms with Crippen LogP contribution in [0.25, 0.3) is 11.1 Å². The second kappa shape index (κ2) is 6.19. The topological polar surface area (TPSA) is 55.1 Å². The summed E-state index contributed by atoms with van der Waals surface area (Å²) < 4.78 is 5.24. The van der Waals surface area contributed by atoms with Crippen molar-refractivity contribution in [1.29, 1.82) is 0 Å². The standard InChI is InChI=1S/C14H18N2O2/c1-2-3-4-14(17)15-8-7-11-5-6-12-13(9-11)18-10-16-12/h5-6,9-10H,2-4,7-8H2,1H3,(H,15,17). The Morgan fingerprint density at radius 2 is 2.33 bits per heavy atom. The van der Waals surface area contributed by atoms with Crippen LogP contribution in [0.3, 0.4) is 0 Å². The van der Waals surface area contributed by atoms with Gasteiger partial charge in [0, 0.05) is 13.0 Å². The Morgan fingerprint density at radius 3 is 3.17 bits per heavy atom. The number of oxazole rings is 1. The highest BCUT2D eigenvalue weighted by molar-refractivity contribution is 5.76. The van der Waals surface area contributed by atoms with Crippen molar-refractivity contribution in [2.45, 2.75) is 32.6 Å². The van der Waals surface area contributed by atoms with Gasteiger partial charge in [0.15, 0.2) is 12.0 Å². The highest BCUT2D eigenvalue weighted by Crippen LogP contribution is 2.14. The monoisotopic (exact) mass is 246 g/mol. The van der Waals surface area contributed by atoms with Crippen LogP contribution >= 0.6 is 0 Å². The number of benzene rings is 1. The summed E-state index contributed by atoms with van der Waals surface area (Å²) in [5, 5.41) is 2.92. The molecule has 0 aliphatic carbocycles. The third kappa shape index (κ3) is 3.32. The summed E-state index contributed by atoms with van der Waals surface area (Å²) in [7, 11) is 0. The van der Waals surface area contributed by atoms with Crippen LogP contribution in [0, 0.1) is 0 Å². The van der Waals surface area contributed by atoms with Gasteiger partial charge in [-0.25, -0.2) is 4.98 Å². The number of unbranched alkanes of at least 4 members (excludes halogenated alkanes) is 1. The quantitative estimate of drug-likeness (QED) is 0.852. The molecule has 0 unspecified atom stereocenters. The molecule has 0 fully saturated rings. The van der Waals surface area contributed by atoms with Gasteiger partial charge in [-0.15, -0.1) is 0 Å². The number of carbonyl (C=O) groups excluding carboxylic acids is 1. The summed E-state index contributed by atoms with van der Waals surface area (Å²) in [6.07, 6.45) is 4.89. The molecule has 1 heterocycles. The Hall–Kier alpha value is -1.84. The molecule has 18 heavy (non-hydrogen) atoms. The van der Waals surface area contributed by atoms with Crippen molar-refractivity contribution in [3.63, 3.8) is 0 Å². The minimum Gasteiger partial charge on any atom is -0.443 e. The number of carbonyl (C=O) groups is 1. The fourth-order valence-corrected chi connectivity index (χ4v) is 1.83. The second-order valence-electron chi connectivity index (χ2n) is 4.36. The van der Waals surface area contributed by atoms with Gasteiger partial charge >= 0.3 is 0 Å². The number of hydrogen-bond donors (Lipinski definition) is 1. The molecule has 0 atom stereocenters. The molecule has 0 bridgehead atoms. The lowest BCUT2D eigenvalue weighted by Crippen LogP contribution is -2.25. The normalized spacial score (nSPS) is 10.7. The maximum Gasteiger partial charge on any atom is 0.220 e. The molecule has 2 rings (SSSR count). The lowest BCUT2D eigenvalue weighted by Gasteiger charge is -2.04. The molecule has 0 spiro atoms. The minimum absolute atomic E-state index is 0.137. The lowest BCUT2D eigenvalue weighted by molar-refractivity contribution is -0.121. The van der Waals surface area contributed by atoms with Crippen molar-refractivity contribution in [1.82, 2.24) is 10.3 Å². The zero-order valence-corrected chi connectivity index (χ0v) is 10.6. The van der Waals surface area contributed by atoms with Gasteiger partial charge in [-0.3, -0.25) is 4.79 Å². The van der Waals surface area contributed by atoms with Gasteiger partial charge in [0.05, 0.1) is 0 Å². The molecule has 1 aromatic heterocycles. The minimum atomic E-state index is 0.137. The van der Waals surface area contributed by atoms with Crippen LogP contribution in [-0.4, -0.2) is 17.4 Å². The van der Waals surface area contributed by atoms with Gasteiger partial charge in [-0.05, 0) is 30.5 Å². The number of rotatable bonds is 6. The molecule has 0 radical (unpaired) electrons. The number of nitrogens with one attached hydrogen (secondary N) is 1. The van der Waals surface area contributed by atoms with Crippen LogP contribution in [0.2, 0.25) is 0 Å². The molecule has 4 heteroatoms. The smallest absolute Gasteiger partial charge is 0.220 e.